The van der Waals surface area contributed by atoms with Gasteiger partial charge < -0.3 is 18.7 Å². The number of aromatic nitrogens is 2. The zero-order chi connectivity index (χ0) is 31.0. The molecule has 1 amide bonds. The molecule has 1 saturated heterocycles. The molecule has 1 aliphatic rings. The van der Waals surface area contributed by atoms with Crippen LogP contribution in [-0.4, -0.2) is 102 Å². The fourth-order valence-corrected chi connectivity index (χ4v) is 7.20. The summed E-state index contributed by atoms with van der Waals surface area (Å²) < 4.78 is 42.7. The highest BCUT2D eigenvalue weighted by molar-refractivity contribution is 7.66. The van der Waals surface area contributed by atoms with Crippen molar-refractivity contribution in [3.05, 3.63) is 47.8 Å². The molecule has 3 rings (SSSR count). The maximum Gasteiger partial charge on any atom is 0.410 e. The van der Waals surface area contributed by atoms with Crippen LogP contribution in [0, 0.1) is 0 Å². The van der Waals surface area contributed by atoms with Crippen LogP contribution in [0.4, 0.5) is 4.79 Å². The van der Waals surface area contributed by atoms with Gasteiger partial charge in [0.1, 0.15) is 16.5 Å². The average molecular weight is 624 g/mol. The molecule has 11 nitrogen and oxygen atoms in total. The smallest absolute Gasteiger partial charge is 0.410 e. The Kier molecular flexibility index (Phi) is 12.3. The number of pyridine rings is 2. The van der Waals surface area contributed by atoms with E-state index in [1.165, 1.54) is 0 Å². The first kappa shape index (κ1) is 34.4. The number of hydrogen-bond acceptors (Lipinski definition) is 10. The van der Waals surface area contributed by atoms with Crippen molar-refractivity contribution < 1.29 is 27.7 Å². The van der Waals surface area contributed by atoms with E-state index in [4.69, 9.17) is 13.8 Å². The molecule has 2 unspecified atom stereocenters. The van der Waals surface area contributed by atoms with Crippen LogP contribution >= 0.6 is 14.7 Å². The first-order chi connectivity index (χ1) is 19.7. The zero-order valence-electron chi connectivity index (χ0n) is 26.1. The van der Waals surface area contributed by atoms with E-state index in [-0.39, 0.29) is 6.09 Å². The van der Waals surface area contributed by atoms with Gasteiger partial charge in [-0.05, 0) is 58.9 Å². The third kappa shape index (κ3) is 10.5. The Morgan fingerprint density at radius 1 is 0.762 bits per heavy atom. The number of ether oxygens (including phenoxy) is 1. The standard InChI is InChI=1S/C29H47N5O6P2/c1-8-38-41(6,36)26-14-10-12-24(30-26)22-32-16-17-33(19-21-34(20-18-32)28(35)40-29(3,4)5)23-25-13-11-15-27(31-25)42(7,37)39-9-2/h10-15H,8-9,16-23H2,1-7H3. The van der Waals surface area contributed by atoms with E-state index in [0.29, 0.717) is 76.4 Å². The summed E-state index contributed by atoms with van der Waals surface area (Å²) in [7, 11) is -6.01. The van der Waals surface area contributed by atoms with Gasteiger partial charge in [0.2, 0.25) is 14.7 Å². The Balaban J connectivity index is 1.82. The molecule has 2 aromatic heterocycles. The minimum absolute atomic E-state index is 0.349. The van der Waals surface area contributed by atoms with E-state index >= 15 is 0 Å². The normalized spacial score (nSPS) is 18.8. The van der Waals surface area contributed by atoms with Gasteiger partial charge in [-0.15, -0.1) is 0 Å². The molecule has 0 saturated carbocycles. The fourth-order valence-electron chi connectivity index (χ4n) is 4.61. The van der Waals surface area contributed by atoms with Crippen LogP contribution < -0.4 is 10.9 Å². The molecule has 1 aliphatic heterocycles. The van der Waals surface area contributed by atoms with Crippen molar-refractivity contribution in [3.63, 3.8) is 0 Å². The lowest BCUT2D eigenvalue weighted by Gasteiger charge is -2.29. The molecule has 3 heterocycles. The van der Waals surface area contributed by atoms with Gasteiger partial charge in [-0.2, -0.15) is 0 Å². The van der Waals surface area contributed by atoms with E-state index in [9.17, 15) is 13.9 Å². The third-order valence-corrected chi connectivity index (χ3v) is 10.4. The predicted molar refractivity (Wildman–Crippen MR) is 166 cm³/mol. The molecule has 0 aliphatic carbocycles. The van der Waals surface area contributed by atoms with Gasteiger partial charge in [0.05, 0.1) is 24.6 Å². The molecule has 234 valence electrons. The lowest BCUT2D eigenvalue weighted by Crippen LogP contribution is -2.42. The van der Waals surface area contributed by atoms with Gasteiger partial charge in [-0.3, -0.25) is 18.9 Å². The molecular weight excluding hydrogens is 576 g/mol. The molecule has 13 heteroatoms. The maximum absolute atomic E-state index is 13.1. The Hall–Kier alpha value is -2.13. The van der Waals surface area contributed by atoms with Crippen LogP contribution in [0.25, 0.3) is 0 Å². The van der Waals surface area contributed by atoms with Gasteiger partial charge in [0, 0.05) is 65.7 Å². The van der Waals surface area contributed by atoms with Crippen molar-refractivity contribution >= 4 is 31.7 Å². The number of rotatable bonds is 10. The molecular formula is C29H47N5O6P2. The van der Waals surface area contributed by atoms with Crippen LogP contribution in [0.15, 0.2) is 36.4 Å². The predicted octanol–water partition coefficient (Wildman–Crippen LogP) is 4.17. The second-order valence-corrected chi connectivity index (χ2v) is 16.3. The SMILES string of the molecule is CCOP(C)(=O)c1cccc(CN2CCN(Cc3cccc(P(C)(=O)OCC)n3)CCN(C(=O)OC(C)(C)C)CC2)n1. The monoisotopic (exact) mass is 623 g/mol. The van der Waals surface area contributed by atoms with Gasteiger partial charge in [-0.25, -0.2) is 14.8 Å². The van der Waals surface area contributed by atoms with E-state index in [1.807, 2.05) is 58.9 Å². The van der Waals surface area contributed by atoms with Crippen LogP contribution in [0.3, 0.4) is 0 Å². The summed E-state index contributed by atoms with van der Waals surface area (Å²) in [6.07, 6.45) is -0.350. The topological polar surface area (TPSA) is 114 Å². The van der Waals surface area contributed by atoms with Crippen LogP contribution in [0.2, 0.25) is 0 Å². The van der Waals surface area contributed by atoms with Crippen molar-refractivity contribution in [3.8, 4) is 0 Å². The van der Waals surface area contributed by atoms with Crippen LogP contribution in [-0.2, 0) is 36.0 Å². The molecule has 1 fully saturated rings. The highest BCUT2D eigenvalue weighted by Crippen LogP contribution is 2.40. The summed E-state index contributed by atoms with van der Waals surface area (Å²) in [5, 5.41) is 0. The molecule has 2 atom stereocenters. The van der Waals surface area contributed by atoms with Crippen molar-refractivity contribution in [2.75, 3.05) is 65.8 Å². The summed E-state index contributed by atoms with van der Waals surface area (Å²) in [5.41, 5.74) is 1.87. The second-order valence-electron chi connectivity index (χ2n) is 11.5. The van der Waals surface area contributed by atoms with E-state index in [1.54, 1.807) is 30.4 Å². The summed E-state index contributed by atoms with van der Waals surface area (Å²) >= 11 is 0. The number of nitrogens with zero attached hydrogens (tertiary/aromatic N) is 5. The number of hydrogen-bond donors (Lipinski definition) is 0. The number of carbonyl (C=O) groups is 1. The van der Waals surface area contributed by atoms with Crippen LogP contribution in [0.5, 0.6) is 0 Å². The Bertz CT molecular complexity index is 1200. The molecule has 0 bridgehead atoms. The first-order valence-electron chi connectivity index (χ1n) is 14.5. The minimum Gasteiger partial charge on any atom is -0.444 e. The first-order valence-corrected chi connectivity index (χ1v) is 18.7. The van der Waals surface area contributed by atoms with Crippen molar-refractivity contribution in [1.29, 1.82) is 0 Å². The lowest BCUT2D eigenvalue weighted by molar-refractivity contribution is 0.0229. The highest BCUT2D eigenvalue weighted by atomic mass is 31.2. The van der Waals surface area contributed by atoms with Crippen molar-refractivity contribution in [1.82, 2.24) is 24.7 Å². The summed E-state index contributed by atoms with van der Waals surface area (Å²) in [5.74, 6) is 0. The molecule has 0 aromatic carbocycles. The zero-order valence-corrected chi connectivity index (χ0v) is 27.9. The quantitative estimate of drug-likeness (QED) is 0.357. The average Bonchev–Trinajstić information content (AvgIpc) is 2.99. The molecule has 2 aromatic rings. The van der Waals surface area contributed by atoms with Gasteiger partial charge in [0.15, 0.2) is 0 Å². The van der Waals surface area contributed by atoms with Crippen molar-refractivity contribution in [2.24, 2.45) is 0 Å². The highest BCUT2D eigenvalue weighted by Gasteiger charge is 2.26. The maximum atomic E-state index is 13.1. The number of carbonyl (C=O) groups excluding carboxylic acids is 1. The van der Waals surface area contributed by atoms with Gasteiger partial charge in [-0.1, -0.05) is 12.1 Å². The summed E-state index contributed by atoms with van der Waals surface area (Å²) in [4.78, 5) is 28.7. The van der Waals surface area contributed by atoms with Gasteiger partial charge in [0.25, 0.3) is 0 Å². The molecule has 0 radical (unpaired) electrons. The molecule has 0 N–H and O–H groups in total. The summed E-state index contributed by atoms with van der Waals surface area (Å²) in [6.45, 7) is 17.8. The van der Waals surface area contributed by atoms with E-state index < -0.39 is 20.3 Å². The molecule has 0 spiro atoms. The lowest BCUT2D eigenvalue weighted by atomic mass is 10.2. The summed E-state index contributed by atoms with van der Waals surface area (Å²) in [6, 6.07) is 11.0. The largest absolute Gasteiger partial charge is 0.444 e. The van der Waals surface area contributed by atoms with E-state index in [0.717, 1.165) is 11.4 Å². The Morgan fingerprint density at radius 3 is 1.55 bits per heavy atom. The molecule has 42 heavy (non-hydrogen) atoms. The van der Waals surface area contributed by atoms with Crippen molar-refractivity contribution in [2.45, 2.75) is 53.3 Å². The van der Waals surface area contributed by atoms with Crippen LogP contribution in [0.1, 0.15) is 46.0 Å². The fraction of sp³-hybridized carbons (Fsp3) is 0.621. The Morgan fingerprint density at radius 2 is 1.17 bits per heavy atom. The minimum atomic E-state index is -3.00. The Labute approximate surface area is 250 Å². The van der Waals surface area contributed by atoms with Gasteiger partial charge >= 0.3 is 6.09 Å². The van der Waals surface area contributed by atoms with E-state index in [2.05, 4.69) is 19.8 Å². The second kappa shape index (κ2) is 15.0. The number of amides is 1. The third-order valence-electron chi connectivity index (χ3n) is 6.70.